The number of nitro benzene ring substituents is 2. The molecule has 0 spiro atoms. The Morgan fingerprint density at radius 3 is 1.25 bits per heavy atom. The molecule has 0 unspecified atom stereocenters. The Balaban J connectivity index is 0.000000188. The number of nitrogens with two attached hydrogens (primary N) is 1. The Bertz CT molecular complexity index is 2200. The highest BCUT2D eigenvalue weighted by Gasteiger charge is 2.21. The first kappa shape index (κ1) is 53.7. The van der Waals surface area contributed by atoms with Gasteiger partial charge in [-0.1, -0.05) is 0 Å². The fourth-order valence-corrected chi connectivity index (χ4v) is 7.14. The number of likely N-dealkylation sites (N-methyl/N-ethyl adjacent to an activating group) is 4. The second kappa shape index (κ2) is 27.1. The fraction of sp³-hybridized carbons (Fsp3) is 0.444. The van der Waals surface area contributed by atoms with E-state index in [2.05, 4.69) is 78.2 Å². The minimum absolute atomic E-state index is 0.208. The number of isothiocyanates is 1. The molecular weight excluding hydrogens is 900 g/mol. The van der Waals surface area contributed by atoms with Gasteiger partial charge in [-0.2, -0.15) is 4.99 Å². The second-order valence-corrected chi connectivity index (χ2v) is 16.4. The van der Waals surface area contributed by atoms with Gasteiger partial charge in [-0.25, -0.2) is 22.0 Å². The smallest absolute Gasteiger partial charge is 0.272 e. The lowest BCUT2D eigenvalue weighted by molar-refractivity contribution is -0.385. The maximum absolute atomic E-state index is 13.9. The summed E-state index contributed by atoms with van der Waals surface area (Å²) in [6.07, 6.45) is 0. The molecule has 4 saturated heterocycles. The maximum Gasteiger partial charge on any atom is 0.272 e. The molecule has 4 fully saturated rings. The zero-order valence-corrected chi connectivity index (χ0v) is 39.0. The third kappa shape index (κ3) is 17.7. The summed E-state index contributed by atoms with van der Waals surface area (Å²) in [4.78, 5) is 37.9. The number of anilines is 4. The van der Waals surface area contributed by atoms with Crippen LogP contribution in [-0.2, 0) is 0 Å². The molecule has 0 bridgehead atoms. The van der Waals surface area contributed by atoms with Crippen molar-refractivity contribution in [1.29, 1.82) is 0 Å². The predicted molar refractivity (Wildman–Crippen MR) is 257 cm³/mol. The molecule has 16 nitrogen and oxygen atoms in total. The highest BCUT2D eigenvalue weighted by Crippen LogP contribution is 2.27. The molecule has 0 radical (unpaired) electrons. The molecule has 4 aromatic carbocycles. The van der Waals surface area contributed by atoms with Crippen LogP contribution in [0.25, 0.3) is 0 Å². The number of hydrogen-bond acceptors (Lipinski definition) is 15. The zero-order chi connectivity index (χ0) is 49.0. The Hall–Kier alpha value is -5.87. The summed E-state index contributed by atoms with van der Waals surface area (Å²) in [5, 5.41) is 26.0. The number of aliphatic imine (C=N–C) groups is 1. The lowest BCUT2D eigenvalue weighted by Gasteiger charge is -2.34. The van der Waals surface area contributed by atoms with Crippen LogP contribution in [0.5, 0.6) is 0 Å². The molecule has 0 aliphatic carbocycles. The molecule has 0 amide bonds. The van der Waals surface area contributed by atoms with Crippen LogP contribution < -0.4 is 25.8 Å². The lowest BCUT2D eigenvalue weighted by atomic mass is 10.2. The Labute approximate surface area is 393 Å². The van der Waals surface area contributed by atoms with Gasteiger partial charge in [0.05, 0.1) is 49.9 Å². The molecule has 4 aromatic rings. The monoisotopic (exact) mass is 958 g/mol. The van der Waals surface area contributed by atoms with Crippen molar-refractivity contribution in [2.45, 2.75) is 0 Å². The lowest BCUT2D eigenvalue weighted by Crippen LogP contribution is -2.44. The Morgan fingerprint density at radius 1 is 0.522 bits per heavy atom. The van der Waals surface area contributed by atoms with Crippen LogP contribution >= 0.6 is 12.2 Å². The minimum atomic E-state index is -1.21. The summed E-state index contributed by atoms with van der Waals surface area (Å²) >= 11 is 4.49. The van der Waals surface area contributed by atoms with Crippen molar-refractivity contribution < 1.29 is 31.8 Å². The third-order valence-corrected chi connectivity index (χ3v) is 11.3. The molecule has 4 heterocycles. The average Bonchev–Trinajstić information content (AvgIpc) is 3.30. The number of nitro groups is 2. The van der Waals surface area contributed by atoms with E-state index in [4.69, 9.17) is 5.73 Å². The summed E-state index contributed by atoms with van der Waals surface area (Å²) in [5.41, 5.74) is 7.59. The summed E-state index contributed by atoms with van der Waals surface area (Å²) in [7, 11) is 8.33. The van der Waals surface area contributed by atoms with Gasteiger partial charge in [-0.15, -0.1) is 0 Å². The third-order valence-electron chi connectivity index (χ3n) is 11.2. The minimum Gasteiger partial charge on any atom is -0.399 e. The number of nitrogens with zero attached hydrogens (tertiary/aromatic N) is 10. The maximum atomic E-state index is 13.9. The first-order valence-corrected chi connectivity index (χ1v) is 22.0. The van der Waals surface area contributed by atoms with E-state index in [0.29, 0.717) is 40.6 Å². The second-order valence-electron chi connectivity index (χ2n) is 16.2. The van der Waals surface area contributed by atoms with Crippen molar-refractivity contribution in [3.8, 4) is 0 Å². The van der Waals surface area contributed by atoms with Crippen LogP contribution in [0.1, 0.15) is 0 Å². The van der Waals surface area contributed by atoms with Crippen molar-refractivity contribution in [2.75, 3.05) is 153 Å². The molecule has 364 valence electrons. The highest BCUT2D eigenvalue weighted by molar-refractivity contribution is 7.78. The number of rotatable bonds is 6. The van der Waals surface area contributed by atoms with Gasteiger partial charge in [0.1, 0.15) is 11.6 Å². The average molecular weight is 959 g/mol. The van der Waals surface area contributed by atoms with Crippen molar-refractivity contribution >= 4 is 57.2 Å². The molecule has 3 N–H and O–H groups in total. The van der Waals surface area contributed by atoms with Gasteiger partial charge in [-0.05, 0) is 82.9 Å². The molecule has 0 saturated carbocycles. The number of nitrogens with one attached hydrogen (secondary N) is 1. The molecule has 22 heteroatoms. The van der Waals surface area contributed by atoms with E-state index in [1.165, 1.54) is 37.4 Å². The SMILES string of the molecule is CN1CCN(c2ccc(N)cc2F)CC1.CN1CCN(c2ccc(N=C=S)cc2F)CC1.CN1CCN(c2ccc([N+](=O)[O-])cc2F)CC1.CN1CCNCC1.O=[N+]([O-])c1ccc(F)c(F)c1. The first-order valence-electron chi connectivity index (χ1n) is 21.6. The van der Waals surface area contributed by atoms with E-state index in [-0.39, 0.29) is 17.3 Å². The normalized spacial score (nSPS) is 16.9. The van der Waals surface area contributed by atoms with E-state index in [1.807, 2.05) is 11.9 Å². The van der Waals surface area contributed by atoms with Crippen molar-refractivity contribution in [3.63, 3.8) is 0 Å². The van der Waals surface area contributed by atoms with Gasteiger partial charge in [0.2, 0.25) is 0 Å². The quantitative estimate of drug-likeness (QED) is 0.0550. The largest absolute Gasteiger partial charge is 0.399 e. The summed E-state index contributed by atoms with van der Waals surface area (Å²) < 4.78 is 65.6. The van der Waals surface area contributed by atoms with Crippen LogP contribution in [-0.4, -0.2) is 168 Å². The van der Waals surface area contributed by atoms with Gasteiger partial charge in [0.25, 0.3) is 11.4 Å². The van der Waals surface area contributed by atoms with Gasteiger partial charge < -0.3 is 45.3 Å². The molecule has 4 aliphatic heterocycles. The van der Waals surface area contributed by atoms with Crippen LogP contribution in [0.2, 0.25) is 0 Å². The van der Waals surface area contributed by atoms with Crippen LogP contribution in [0.15, 0.2) is 77.8 Å². The molecule has 0 aromatic heterocycles. The standard InChI is InChI=1S/C12H14FN3S.C11H14FN3O2.C11H16FN3.C6H3F2NO2.C5H12N2/c1-15-4-6-16(7-5-15)12-3-2-10(14-9-17)8-11(12)13;1-13-4-6-14(7-5-13)11-3-2-9(15(16)17)8-10(11)12;1-14-4-6-15(7-5-14)11-3-2-9(13)8-10(11)12;7-5-2-1-4(9(10)11)3-6(5)8;1-7-4-2-6-3-5-7/h2*2-3,8H,4-7H2,1H3;2-3,8H,4-7,13H2,1H3;1-3H;6H,2-5H2,1H3. The summed E-state index contributed by atoms with van der Waals surface area (Å²) in [6, 6.07) is 15.8. The topological polar surface area (TPSA) is 159 Å². The molecule has 4 aliphatic rings. The van der Waals surface area contributed by atoms with Gasteiger partial charge in [0, 0.05) is 129 Å². The predicted octanol–water partition coefficient (Wildman–Crippen LogP) is 6.35. The van der Waals surface area contributed by atoms with Crippen molar-refractivity contribution in [1.82, 2.24) is 24.9 Å². The molecule has 0 atom stereocenters. The van der Waals surface area contributed by atoms with Gasteiger partial charge in [-0.3, -0.25) is 20.2 Å². The molecular formula is C45H59F5N12O4S. The number of thiocarbonyl (C=S) groups is 1. The van der Waals surface area contributed by atoms with Crippen LogP contribution in [0.3, 0.4) is 0 Å². The zero-order valence-electron chi connectivity index (χ0n) is 38.2. The van der Waals surface area contributed by atoms with Gasteiger partial charge in [0.15, 0.2) is 17.5 Å². The molecule has 67 heavy (non-hydrogen) atoms. The number of piperazine rings is 4. The Kier molecular flexibility index (Phi) is 21.7. The van der Waals surface area contributed by atoms with E-state index < -0.39 is 33.0 Å². The summed E-state index contributed by atoms with van der Waals surface area (Å²) in [5.74, 6) is -3.29. The van der Waals surface area contributed by atoms with Crippen molar-refractivity contribution in [2.24, 2.45) is 4.99 Å². The first-order chi connectivity index (χ1) is 31.9. The van der Waals surface area contributed by atoms with Crippen molar-refractivity contribution in [3.05, 3.63) is 122 Å². The van der Waals surface area contributed by atoms with E-state index in [1.54, 1.807) is 24.3 Å². The number of non-ortho nitro benzene ring substituents is 2. The van der Waals surface area contributed by atoms with Crippen LogP contribution in [0.4, 0.5) is 61.8 Å². The fourth-order valence-electron chi connectivity index (χ4n) is 7.04. The van der Waals surface area contributed by atoms with E-state index in [9.17, 15) is 42.2 Å². The van der Waals surface area contributed by atoms with E-state index in [0.717, 1.165) is 104 Å². The Morgan fingerprint density at radius 2 is 0.896 bits per heavy atom. The summed E-state index contributed by atoms with van der Waals surface area (Å²) in [6.45, 7) is 15.3. The van der Waals surface area contributed by atoms with Crippen LogP contribution in [0, 0.1) is 49.3 Å². The molecule has 8 rings (SSSR count). The van der Waals surface area contributed by atoms with E-state index >= 15 is 0 Å². The van der Waals surface area contributed by atoms with Gasteiger partial charge >= 0.3 is 0 Å². The number of halogens is 5. The number of nitrogen functional groups attached to an aromatic ring is 1. The highest BCUT2D eigenvalue weighted by atomic mass is 32.1. The number of benzene rings is 4. The number of hydrogen-bond donors (Lipinski definition) is 2.